The minimum absolute atomic E-state index is 0.0217. The van der Waals surface area contributed by atoms with Gasteiger partial charge in [0.25, 0.3) is 0 Å². The van der Waals surface area contributed by atoms with Crippen LogP contribution in [-0.4, -0.2) is 29.2 Å². The largest absolute Gasteiger partial charge is 0.465 e. The van der Waals surface area contributed by atoms with E-state index in [-0.39, 0.29) is 11.9 Å². The van der Waals surface area contributed by atoms with Crippen molar-refractivity contribution in [3.8, 4) is 0 Å². The summed E-state index contributed by atoms with van der Waals surface area (Å²) in [6.45, 7) is 15.6. The zero-order valence-electron chi connectivity index (χ0n) is 13.1. The molecule has 0 bridgehead atoms. The molecule has 0 heterocycles. The number of carbonyl (C=O) groups excluding carboxylic acids is 1. The standard InChI is InChI=1S/C13H30O3Si2/c1-8-12(2)13(14)15-10-9-11-18(6,7)16-17(3,4)5/h12H,8-11H2,1-7H3. The van der Waals surface area contributed by atoms with Gasteiger partial charge in [-0.15, -0.1) is 0 Å². The Bertz CT molecular complexity index is 259. The van der Waals surface area contributed by atoms with Gasteiger partial charge in [-0.25, -0.2) is 0 Å². The van der Waals surface area contributed by atoms with Crippen LogP contribution in [0.1, 0.15) is 26.7 Å². The monoisotopic (exact) mass is 290 g/mol. The third kappa shape index (κ3) is 8.88. The average Bonchev–Trinajstić information content (AvgIpc) is 2.19. The molecule has 0 fully saturated rings. The van der Waals surface area contributed by atoms with Crippen molar-refractivity contribution in [1.29, 1.82) is 0 Å². The Balaban J connectivity index is 3.87. The molecule has 0 saturated carbocycles. The predicted molar refractivity (Wildman–Crippen MR) is 81.8 cm³/mol. The molecule has 0 spiro atoms. The van der Waals surface area contributed by atoms with Crippen LogP contribution >= 0.6 is 0 Å². The third-order valence-electron chi connectivity index (χ3n) is 2.76. The van der Waals surface area contributed by atoms with Crippen LogP contribution in [0.3, 0.4) is 0 Å². The summed E-state index contributed by atoms with van der Waals surface area (Å²) in [5.74, 6) is -0.0448. The summed E-state index contributed by atoms with van der Waals surface area (Å²) >= 11 is 0. The first-order chi connectivity index (χ1) is 8.07. The lowest BCUT2D eigenvalue weighted by atomic mass is 10.1. The van der Waals surface area contributed by atoms with Crippen molar-refractivity contribution in [2.45, 2.75) is 65.5 Å². The van der Waals surface area contributed by atoms with Crippen molar-refractivity contribution in [3.05, 3.63) is 0 Å². The van der Waals surface area contributed by atoms with E-state index in [9.17, 15) is 4.79 Å². The predicted octanol–water partition coefficient (Wildman–Crippen LogP) is 4.02. The summed E-state index contributed by atoms with van der Waals surface area (Å²) in [5.41, 5.74) is 0. The maximum Gasteiger partial charge on any atom is 0.308 e. The summed E-state index contributed by atoms with van der Waals surface area (Å²) < 4.78 is 11.5. The van der Waals surface area contributed by atoms with E-state index in [0.29, 0.717) is 6.61 Å². The Morgan fingerprint density at radius 2 is 1.72 bits per heavy atom. The van der Waals surface area contributed by atoms with E-state index in [1.165, 1.54) is 0 Å². The number of hydrogen-bond donors (Lipinski definition) is 0. The second-order valence-electron chi connectivity index (χ2n) is 6.55. The molecule has 0 aliphatic carbocycles. The van der Waals surface area contributed by atoms with Crippen molar-refractivity contribution in [2.24, 2.45) is 5.92 Å². The van der Waals surface area contributed by atoms with Crippen molar-refractivity contribution in [2.75, 3.05) is 6.61 Å². The molecule has 0 aliphatic heterocycles. The molecule has 0 aromatic heterocycles. The van der Waals surface area contributed by atoms with Crippen LogP contribution in [0.15, 0.2) is 0 Å². The molecule has 18 heavy (non-hydrogen) atoms. The second-order valence-corrected chi connectivity index (χ2v) is 15.6. The topological polar surface area (TPSA) is 35.5 Å². The third-order valence-corrected chi connectivity index (χ3v) is 8.98. The lowest BCUT2D eigenvalue weighted by molar-refractivity contribution is -0.148. The molecular formula is C13H30O3Si2. The van der Waals surface area contributed by atoms with Crippen molar-refractivity contribution in [1.82, 2.24) is 0 Å². The fourth-order valence-electron chi connectivity index (χ4n) is 1.86. The van der Waals surface area contributed by atoms with Crippen LogP contribution in [0.2, 0.25) is 38.8 Å². The molecule has 3 nitrogen and oxygen atoms in total. The van der Waals surface area contributed by atoms with Gasteiger partial charge in [0.1, 0.15) is 0 Å². The van der Waals surface area contributed by atoms with E-state index in [0.717, 1.165) is 18.9 Å². The highest BCUT2D eigenvalue weighted by molar-refractivity contribution is 6.84. The molecule has 5 heteroatoms. The van der Waals surface area contributed by atoms with Gasteiger partial charge in [0, 0.05) is 0 Å². The first kappa shape index (κ1) is 17.9. The van der Waals surface area contributed by atoms with Crippen LogP contribution in [0.25, 0.3) is 0 Å². The van der Waals surface area contributed by atoms with Gasteiger partial charge in [0.2, 0.25) is 0 Å². The molecule has 0 aliphatic rings. The molecule has 1 atom stereocenters. The summed E-state index contributed by atoms with van der Waals surface area (Å²) in [6, 6.07) is 1.06. The molecule has 0 radical (unpaired) electrons. The molecule has 0 N–H and O–H groups in total. The Morgan fingerprint density at radius 3 is 2.17 bits per heavy atom. The Kier molecular flexibility index (Phi) is 7.40. The highest BCUT2D eigenvalue weighted by atomic mass is 28.4. The van der Waals surface area contributed by atoms with Crippen molar-refractivity contribution < 1.29 is 13.6 Å². The van der Waals surface area contributed by atoms with Gasteiger partial charge in [-0.3, -0.25) is 4.79 Å². The smallest absolute Gasteiger partial charge is 0.308 e. The van der Waals surface area contributed by atoms with Gasteiger partial charge in [-0.2, -0.15) is 0 Å². The highest BCUT2D eigenvalue weighted by Gasteiger charge is 2.29. The Hall–Kier alpha value is -0.136. The van der Waals surface area contributed by atoms with Gasteiger partial charge in [0.05, 0.1) is 12.5 Å². The fourth-order valence-corrected chi connectivity index (χ4v) is 9.89. The molecular weight excluding hydrogens is 260 g/mol. The molecule has 0 amide bonds. The van der Waals surface area contributed by atoms with E-state index in [2.05, 4.69) is 32.7 Å². The van der Waals surface area contributed by atoms with Crippen LogP contribution in [0.5, 0.6) is 0 Å². The number of carbonyl (C=O) groups is 1. The molecule has 0 rings (SSSR count). The SMILES string of the molecule is CCC(C)C(=O)OCCC[Si](C)(C)O[Si](C)(C)C. The van der Waals surface area contributed by atoms with Crippen LogP contribution in [-0.2, 0) is 13.6 Å². The van der Waals surface area contributed by atoms with E-state index in [1.807, 2.05) is 13.8 Å². The molecule has 0 saturated heterocycles. The summed E-state index contributed by atoms with van der Waals surface area (Å²) in [7, 11) is -3.02. The van der Waals surface area contributed by atoms with E-state index in [4.69, 9.17) is 8.85 Å². The van der Waals surface area contributed by atoms with Gasteiger partial charge < -0.3 is 8.85 Å². The Labute approximate surface area is 115 Å². The zero-order chi connectivity index (χ0) is 14.4. The average molecular weight is 291 g/mol. The molecule has 0 aromatic rings. The first-order valence-electron chi connectivity index (χ1n) is 6.94. The zero-order valence-corrected chi connectivity index (χ0v) is 15.1. The number of rotatable bonds is 8. The number of hydrogen-bond acceptors (Lipinski definition) is 3. The van der Waals surface area contributed by atoms with Crippen molar-refractivity contribution >= 4 is 22.6 Å². The lowest BCUT2D eigenvalue weighted by Gasteiger charge is -2.31. The van der Waals surface area contributed by atoms with Crippen LogP contribution in [0, 0.1) is 5.92 Å². The normalized spacial score (nSPS) is 14.4. The highest BCUT2D eigenvalue weighted by Crippen LogP contribution is 2.19. The van der Waals surface area contributed by atoms with E-state index >= 15 is 0 Å². The lowest BCUT2D eigenvalue weighted by Crippen LogP contribution is -2.42. The maximum absolute atomic E-state index is 11.5. The quantitative estimate of drug-likeness (QED) is 0.385. The summed E-state index contributed by atoms with van der Waals surface area (Å²) in [5, 5.41) is 0. The van der Waals surface area contributed by atoms with Crippen molar-refractivity contribution in [3.63, 3.8) is 0 Å². The first-order valence-corrected chi connectivity index (χ1v) is 13.5. The van der Waals surface area contributed by atoms with Gasteiger partial charge >= 0.3 is 5.97 Å². The summed E-state index contributed by atoms with van der Waals surface area (Å²) in [6.07, 6.45) is 1.77. The van der Waals surface area contributed by atoms with Gasteiger partial charge in [-0.05, 0) is 51.6 Å². The number of ether oxygens (including phenoxy) is 1. The van der Waals surface area contributed by atoms with Crippen LogP contribution in [0.4, 0.5) is 0 Å². The minimum Gasteiger partial charge on any atom is -0.465 e. The summed E-state index contributed by atoms with van der Waals surface area (Å²) in [4.78, 5) is 11.5. The van der Waals surface area contributed by atoms with Gasteiger partial charge in [-0.1, -0.05) is 13.8 Å². The van der Waals surface area contributed by atoms with Gasteiger partial charge in [0.15, 0.2) is 16.6 Å². The second kappa shape index (κ2) is 7.45. The molecule has 0 aromatic carbocycles. The minimum atomic E-state index is -1.58. The molecule has 108 valence electrons. The van der Waals surface area contributed by atoms with E-state index < -0.39 is 16.6 Å². The number of esters is 1. The fraction of sp³-hybridized carbons (Fsp3) is 0.923. The van der Waals surface area contributed by atoms with E-state index in [1.54, 1.807) is 0 Å². The molecule has 1 unspecified atom stereocenters. The van der Waals surface area contributed by atoms with Crippen LogP contribution < -0.4 is 0 Å². The Morgan fingerprint density at radius 1 is 1.17 bits per heavy atom. The maximum atomic E-state index is 11.5.